The van der Waals surface area contributed by atoms with E-state index in [0.29, 0.717) is 49.2 Å². The second kappa shape index (κ2) is 9.26. The molecule has 1 N–H and O–H groups in total. The van der Waals surface area contributed by atoms with Crippen LogP contribution in [0.1, 0.15) is 46.5 Å². The molecule has 0 bridgehead atoms. The SMILES string of the molecule is CC1CN(C(=O)c2c[nH]c3ccc(C(=O)C(=O)N4CCC4)cc23)C(C)CN1Cc1ccc(F)cc1. The summed E-state index contributed by atoms with van der Waals surface area (Å²) in [6, 6.07) is 11.6. The van der Waals surface area contributed by atoms with E-state index in [0.717, 1.165) is 17.5 Å². The average Bonchev–Trinajstić information content (AvgIpc) is 3.24. The zero-order valence-corrected chi connectivity index (χ0v) is 20.0. The van der Waals surface area contributed by atoms with Gasteiger partial charge < -0.3 is 14.8 Å². The van der Waals surface area contributed by atoms with Gasteiger partial charge in [0.15, 0.2) is 0 Å². The predicted octanol–water partition coefficient (Wildman–Crippen LogP) is 3.46. The highest BCUT2D eigenvalue weighted by molar-refractivity contribution is 6.43. The van der Waals surface area contributed by atoms with Gasteiger partial charge in [-0.05, 0) is 56.2 Å². The Kier molecular flexibility index (Phi) is 6.15. The second-order valence-corrected chi connectivity index (χ2v) is 9.65. The summed E-state index contributed by atoms with van der Waals surface area (Å²) in [5.74, 6) is -1.38. The maximum atomic E-state index is 13.6. The van der Waals surface area contributed by atoms with Crippen LogP contribution >= 0.6 is 0 Å². The number of aromatic amines is 1. The molecule has 2 aromatic carbocycles. The Hall–Kier alpha value is -3.52. The van der Waals surface area contributed by atoms with Gasteiger partial charge >= 0.3 is 0 Å². The molecule has 2 aliphatic heterocycles. The van der Waals surface area contributed by atoms with Crippen molar-refractivity contribution in [3.05, 3.63) is 71.2 Å². The topological polar surface area (TPSA) is 76.7 Å². The van der Waals surface area contributed by atoms with Crippen molar-refractivity contribution in [2.24, 2.45) is 0 Å². The first-order chi connectivity index (χ1) is 16.8. The summed E-state index contributed by atoms with van der Waals surface area (Å²) in [4.78, 5) is 47.5. The molecule has 5 rings (SSSR count). The minimum absolute atomic E-state index is 0.0260. The summed E-state index contributed by atoms with van der Waals surface area (Å²) in [5.41, 5.74) is 2.58. The number of carbonyl (C=O) groups is 3. The number of fused-ring (bicyclic) bond motifs is 1. The number of aromatic nitrogens is 1. The zero-order valence-electron chi connectivity index (χ0n) is 20.0. The van der Waals surface area contributed by atoms with Gasteiger partial charge in [0.2, 0.25) is 5.78 Å². The molecule has 2 fully saturated rings. The Labute approximate surface area is 203 Å². The van der Waals surface area contributed by atoms with Gasteiger partial charge in [-0.3, -0.25) is 19.3 Å². The van der Waals surface area contributed by atoms with Gasteiger partial charge in [-0.25, -0.2) is 4.39 Å². The average molecular weight is 477 g/mol. The molecule has 3 aromatic rings. The minimum Gasteiger partial charge on any atom is -0.360 e. The lowest BCUT2D eigenvalue weighted by molar-refractivity contribution is -0.129. The van der Waals surface area contributed by atoms with Crippen LogP contribution in [0.4, 0.5) is 4.39 Å². The molecule has 35 heavy (non-hydrogen) atoms. The number of likely N-dealkylation sites (tertiary alicyclic amines) is 1. The molecule has 2 aliphatic rings. The third-order valence-electron chi connectivity index (χ3n) is 7.19. The molecule has 0 spiro atoms. The van der Waals surface area contributed by atoms with E-state index in [1.54, 1.807) is 41.4 Å². The first-order valence-corrected chi connectivity index (χ1v) is 12.1. The third kappa shape index (κ3) is 4.46. The molecule has 2 amide bonds. The van der Waals surface area contributed by atoms with E-state index in [4.69, 9.17) is 0 Å². The second-order valence-electron chi connectivity index (χ2n) is 9.65. The number of Topliss-reactive ketones (excluding diaryl/α,β-unsaturated/α-hetero) is 1. The first kappa shape index (κ1) is 23.2. The summed E-state index contributed by atoms with van der Waals surface area (Å²) in [7, 11) is 0. The molecule has 0 saturated carbocycles. The van der Waals surface area contributed by atoms with Crippen LogP contribution in [0.5, 0.6) is 0 Å². The maximum absolute atomic E-state index is 13.6. The van der Waals surface area contributed by atoms with E-state index in [1.165, 1.54) is 12.1 Å². The van der Waals surface area contributed by atoms with Crippen molar-refractivity contribution in [1.82, 2.24) is 19.7 Å². The van der Waals surface area contributed by atoms with Gasteiger partial charge in [-0.1, -0.05) is 12.1 Å². The molecule has 0 radical (unpaired) electrons. The third-order valence-corrected chi connectivity index (χ3v) is 7.19. The normalized spacial score (nSPS) is 20.7. The maximum Gasteiger partial charge on any atom is 0.294 e. The summed E-state index contributed by atoms with van der Waals surface area (Å²) < 4.78 is 13.3. The summed E-state index contributed by atoms with van der Waals surface area (Å²) in [6.45, 7) is 7.28. The number of hydrogen-bond acceptors (Lipinski definition) is 4. The molecule has 182 valence electrons. The molecule has 2 saturated heterocycles. The Balaban J connectivity index is 1.33. The number of amides is 2. The van der Waals surface area contributed by atoms with Crippen LogP contribution in [-0.4, -0.2) is 75.5 Å². The fourth-order valence-electron chi connectivity index (χ4n) is 4.91. The molecule has 7 nitrogen and oxygen atoms in total. The highest BCUT2D eigenvalue weighted by atomic mass is 19.1. The van der Waals surface area contributed by atoms with Crippen LogP contribution in [-0.2, 0) is 11.3 Å². The molecular formula is C27H29FN4O3. The molecular weight excluding hydrogens is 447 g/mol. The number of nitrogens with zero attached hydrogens (tertiary/aromatic N) is 3. The first-order valence-electron chi connectivity index (χ1n) is 12.1. The van der Waals surface area contributed by atoms with E-state index in [2.05, 4.69) is 16.8 Å². The van der Waals surface area contributed by atoms with Crippen molar-refractivity contribution in [2.45, 2.75) is 38.9 Å². The number of hydrogen-bond donors (Lipinski definition) is 1. The van der Waals surface area contributed by atoms with Crippen molar-refractivity contribution in [2.75, 3.05) is 26.2 Å². The Morgan fingerprint density at radius 1 is 1.00 bits per heavy atom. The summed E-state index contributed by atoms with van der Waals surface area (Å²) in [5, 5.41) is 0.644. The van der Waals surface area contributed by atoms with Gasteiger partial charge in [0.05, 0.1) is 5.56 Å². The van der Waals surface area contributed by atoms with Crippen LogP contribution in [0.25, 0.3) is 10.9 Å². The molecule has 3 heterocycles. The van der Waals surface area contributed by atoms with Gasteiger partial charge in [0.25, 0.3) is 11.8 Å². The fraction of sp³-hybridized carbons (Fsp3) is 0.370. The monoisotopic (exact) mass is 476 g/mol. The largest absolute Gasteiger partial charge is 0.360 e. The van der Waals surface area contributed by atoms with Crippen molar-refractivity contribution in [3.63, 3.8) is 0 Å². The van der Waals surface area contributed by atoms with Gasteiger partial charge in [-0.15, -0.1) is 0 Å². The number of ketones is 1. The smallest absolute Gasteiger partial charge is 0.294 e. The molecule has 8 heteroatoms. The summed E-state index contributed by atoms with van der Waals surface area (Å²) >= 11 is 0. The van der Waals surface area contributed by atoms with Crippen molar-refractivity contribution >= 4 is 28.5 Å². The lowest BCUT2D eigenvalue weighted by Crippen LogP contribution is -2.57. The minimum atomic E-state index is -0.539. The van der Waals surface area contributed by atoms with Crippen LogP contribution in [0.15, 0.2) is 48.7 Å². The van der Waals surface area contributed by atoms with Crippen LogP contribution in [0, 0.1) is 5.82 Å². The van der Waals surface area contributed by atoms with Crippen molar-refractivity contribution < 1.29 is 18.8 Å². The Morgan fingerprint density at radius 3 is 2.43 bits per heavy atom. The van der Waals surface area contributed by atoms with Crippen LogP contribution in [0.3, 0.4) is 0 Å². The van der Waals surface area contributed by atoms with Crippen molar-refractivity contribution in [1.29, 1.82) is 0 Å². The predicted molar refractivity (Wildman–Crippen MR) is 131 cm³/mol. The standard InChI is InChI=1S/C27H29FN4O3/c1-17-15-32(18(2)14-31(17)16-19-4-7-21(28)8-5-19)26(34)23-13-29-24-9-6-20(12-22(23)24)25(33)27(35)30-10-3-11-30/h4-9,12-13,17-18,29H,3,10-11,14-16H2,1-2H3. The lowest BCUT2D eigenvalue weighted by Gasteiger charge is -2.44. The summed E-state index contributed by atoms with van der Waals surface area (Å²) in [6.07, 6.45) is 2.60. The molecule has 2 atom stereocenters. The zero-order chi connectivity index (χ0) is 24.7. The number of piperazine rings is 1. The molecule has 2 unspecified atom stereocenters. The fourth-order valence-corrected chi connectivity index (χ4v) is 4.91. The number of halogens is 1. The van der Waals surface area contributed by atoms with E-state index >= 15 is 0 Å². The van der Waals surface area contributed by atoms with Crippen molar-refractivity contribution in [3.8, 4) is 0 Å². The Morgan fingerprint density at radius 2 is 1.74 bits per heavy atom. The highest BCUT2D eigenvalue weighted by Crippen LogP contribution is 2.26. The van der Waals surface area contributed by atoms with E-state index in [-0.39, 0.29) is 23.8 Å². The number of carbonyl (C=O) groups excluding carboxylic acids is 3. The number of H-pyrrole nitrogens is 1. The van der Waals surface area contributed by atoms with Gasteiger partial charge in [0, 0.05) is 67.5 Å². The Bertz CT molecular complexity index is 1280. The number of nitrogens with one attached hydrogen (secondary N) is 1. The van der Waals surface area contributed by atoms with E-state index < -0.39 is 11.7 Å². The quantitative estimate of drug-likeness (QED) is 0.452. The van der Waals surface area contributed by atoms with E-state index in [9.17, 15) is 18.8 Å². The number of benzene rings is 2. The van der Waals surface area contributed by atoms with Crippen LogP contribution < -0.4 is 0 Å². The van der Waals surface area contributed by atoms with Gasteiger partial charge in [-0.2, -0.15) is 0 Å². The molecule has 0 aliphatic carbocycles. The van der Waals surface area contributed by atoms with Gasteiger partial charge in [0.1, 0.15) is 5.82 Å². The highest BCUT2D eigenvalue weighted by Gasteiger charge is 2.34. The number of rotatable bonds is 5. The van der Waals surface area contributed by atoms with E-state index in [1.807, 2.05) is 11.8 Å². The van der Waals surface area contributed by atoms with Crippen LogP contribution in [0.2, 0.25) is 0 Å². The molecule has 1 aromatic heterocycles. The lowest BCUT2D eigenvalue weighted by atomic mass is 10.0.